The molecule has 5 heteroatoms. The molecule has 2 heterocycles. The van der Waals surface area contributed by atoms with E-state index in [1.165, 1.54) is 10.4 Å². The predicted octanol–water partition coefficient (Wildman–Crippen LogP) is 3.64. The van der Waals surface area contributed by atoms with Crippen LogP contribution in [-0.4, -0.2) is 49.4 Å². The summed E-state index contributed by atoms with van der Waals surface area (Å²) in [6, 6.07) is 8.12. The molecule has 2 aromatic rings. The zero-order chi connectivity index (χ0) is 17.3. The number of rotatable bonds is 5. The predicted molar refractivity (Wildman–Crippen MR) is 99.0 cm³/mol. The van der Waals surface area contributed by atoms with Crippen LogP contribution in [0.4, 0.5) is 0 Å². The van der Waals surface area contributed by atoms with Gasteiger partial charge in [0.05, 0.1) is 4.88 Å². The van der Waals surface area contributed by atoms with Gasteiger partial charge >= 0.3 is 0 Å². The fourth-order valence-corrected chi connectivity index (χ4v) is 4.19. The molecule has 3 rings (SSSR count). The summed E-state index contributed by atoms with van der Waals surface area (Å²) < 4.78 is 5.86. The van der Waals surface area contributed by atoms with Crippen molar-refractivity contribution in [2.45, 2.75) is 20.5 Å². The smallest absolute Gasteiger partial charge is 0.263 e. The van der Waals surface area contributed by atoms with Gasteiger partial charge in [0.1, 0.15) is 12.4 Å². The van der Waals surface area contributed by atoms with Gasteiger partial charge in [0.25, 0.3) is 5.91 Å². The Bertz CT molecular complexity index is 752. The quantitative estimate of drug-likeness (QED) is 0.830. The van der Waals surface area contributed by atoms with Crippen molar-refractivity contribution >= 4 is 17.2 Å². The van der Waals surface area contributed by atoms with E-state index < -0.39 is 0 Å². The second-order valence-corrected chi connectivity index (χ2v) is 7.44. The first-order valence-corrected chi connectivity index (χ1v) is 9.12. The standard InChI is InChI=1S/C19H24N2O2S/c1-5-21(10-9-20(3)4)19(22)16-11-14-12-23-15-8-6-7-13(2)17(15)18(14)24-16/h6-8,11H,5,9-10,12H2,1-4H3. The van der Waals surface area contributed by atoms with Crippen LogP contribution < -0.4 is 4.74 Å². The Balaban J connectivity index is 1.90. The number of likely N-dealkylation sites (N-methyl/N-ethyl adjacent to an activating group) is 2. The summed E-state index contributed by atoms with van der Waals surface area (Å²) in [5, 5.41) is 0. The van der Waals surface area contributed by atoms with Crippen LogP contribution in [0.15, 0.2) is 24.3 Å². The number of fused-ring (bicyclic) bond motifs is 3. The maximum absolute atomic E-state index is 12.9. The van der Waals surface area contributed by atoms with Crippen LogP contribution in [0.3, 0.4) is 0 Å². The Morgan fingerprint density at radius 3 is 2.79 bits per heavy atom. The van der Waals surface area contributed by atoms with E-state index in [1.807, 2.05) is 44.1 Å². The Hall–Kier alpha value is -1.85. The summed E-state index contributed by atoms with van der Waals surface area (Å²) >= 11 is 1.59. The van der Waals surface area contributed by atoms with Gasteiger partial charge < -0.3 is 14.5 Å². The van der Waals surface area contributed by atoms with Crippen LogP contribution in [-0.2, 0) is 6.61 Å². The first kappa shape index (κ1) is 17.0. The number of carbonyl (C=O) groups is 1. The lowest BCUT2D eigenvalue weighted by molar-refractivity contribution is 0.0759. The van der Waals surface area contributed by atoms with Crippen LogP contribution in [0.5, 0.6) is 5.75 Å². The lowest BCUT2D eigenvalue weighted by Crippen LogP contribution is -2.36. The molecule has 0 bridgehead atoms. The second kappa shape index (κ2) is 6.95. The molecule has 0 unspecified atom stereocenters. The molecule has 0 atom stereocenters. The van der Waals surface area contributed by atoms with Crippen molar-refractivity contribution in [3.63, 3.8) is 0 Å². The Morgan fingerprint density at radius 2 is 2.08 bits per heavy atom. The third-order valence-corrected chi connectivity index (χ3v) is 5.53. The summed E-state index contributed by atoms with van der Waals surface area (Å²) in [7, 11) is 4.05. The molecule has 0 spiro atoms. The summed E-state index contributed by atoms with van der Waals surface area (Å²) in [5.41, 5.74) is 3.45. The minimum absolute atomic E-state index is 0.119. The molecule has 1 aromatic carbocycles. The van der Waals surface area contributed by atoms with Crippen LogP contribution >= 0.6 is 11.3 Å². The molecule has 0 saturated heterocycles. The molecule has 0 saturated carbocycles. The van der Waals surface area contributed by atoms with E-state index in [9.17, 15) is 4.79 Å². The number of hydrogen-bond donors (Lipinski definition) is 0. The number of nitrogens with zero attached hydrogens (tertiary/aromatic N) is 2. The highest BCUT2D eigenvalue weighted by atomic mass is 32.1. The molecule has 0 fully saturated rings. The van der Waals surface area contributed by atoms with Gasteiger partial charge in [-0.3, -0.25) is 4.79 Å². The molecule has 1 aromatic heterocycles. The van der Waals surface area contributed by atoms with Crippen molar-refractivity contribution in [2.75, 3.05) is 33.7 Å². The SMILES string of the molecule is CCN(CCN(C)C)C(=O)c1cc2c(s1)-c1c(C)cccc1OC2. The van der Waals surface area contributed by atoms with Gasteiger partial charge in [-0.1, -0.05) is 12.1 Å². The summed E-state index contributed by atoms with van der Waals surface area (Å²) in [4.78, 5) is 18.9. The molecular formula is C19H24N2O2S. The van der Waals surface area contributed by atoms with E-state index in [-0.39, 0.29) is 5.91 Å². The third-order valence-electron chi connectivity index (χ3n) is 4.35. The fraction of sp³-hybridized carbons (Fsp3) is 0.421. The lowest BCUT2D eigenvalue weighted by atomic mass is 10.0. The number of amides is 1. The lowest BCUT2D eigenvalue weighted by Gasteiger charge is -2.22. The van der Waals surface area contributed by atoms with Crippen molar-refractivity contribution in [2.24, 2.45) is 0 Å². The van der Waals surface area contributed by atoms with Crippen molar-refractivity contribution in [3.05, 3.63) is 40.3 Å². The molecule has 24 heavy (non-hydrogen) atoms. The largest absolute Gasteiger partial charge is 0.488 e. The van der Waals surface area contributed by atoms with Gasteiger partial charge in [-0.05, 0) is 45.6 Å². The zero-order valence-corrected chi connectivity index (χ0v) is 15.6. The van der Waals surface area contributed by atoms with Crippen LogP contribution in [0.1, 0.15) is 27.7 Å². The highest BCUT2D eigenvalue weighted by molar-refractivity contribution is 7.17. The van der Waals surface area contributed by atoms with Crippen LogP contribution in [0.2, 0.25) is 0 Å². The van der Waals surface area contributed by atoms with Gasteiger partial charge in [-0.25, -0.2) is 0 Å². The highest BCUT2D eigenvalue weighted by Crippen LogP contribution is 2.44. The summed E-state index contributed by atoms with van der Waals surface area (Å²) in [5.74, 6) is 1.04. The minimum atomic E-state index is 0.119. The first-order valence-electron chi connectivity index (χ1n) is 8.30. The number of hydrogen-bond acceptors (Lipinski definition) is 4. The van der Waals surface area contributed by atoms with Crippen LogP contribution in [0, 0.1) is 6.92 Å². The Labute approximate surface area is 147 Å². The van der Waals surface area contributed by atoms with E-state index in [2.05, 4.69) is 17.9 Å². The number of carbonyl (C=O) groups excluding carboxylic acids is 1. The molecule has 0 N–H and O–H groups in total. The molecular weight excluding hydrogens is 320 g/mol. The molecule has 1 aliphatic rings. The first-order chi connectivity index (χ1) is 11.5. The van der Waals surface area contributed by atoms with E-state index in [4.69, 9.17) is 4.74 Å². The topological polar surface area (TPSA) is 32.8 Å². The van der Waals surface area contributed by atoms with E-state index in [0.717, 1.165) is 41.4 Å². The molecule has 128 valence electrons. The van der Waals surface area contributed by atoms with Gasteiger partial charge in [-0.15, -0.1) is 11.3 Å². The fourth-order valence-electron chi connectivity index (χ4n) is 2.94. The van der Waals surface area contributed by atoms with Crippen molar-refractivity contribution < 1.29 is 9.53 Å². The maximum Gasteiger partial charge on any atom is 0.263 e. The minimum Gasteiger partial charge on any atom is -0.488 e. The Kier molecular flexibility index (Phi) is 4.92. The normalized spacial score (nSPS) is 12.5. The number of ether oxygens (including phenoxy) is 1. The average molecular weight is 344 g/mol. The van der Waals surface area contributed by atoms with E-state index in [0.29, 0.717) is 6.61 Å². The van der Waals surface area contributed by atoms with Crippen molar-refractivity contribution in [3.8, 4) is 16.2 Å². The number of aryl methyl sites for hydroxylation is 1. The second-order valence-electron chi connectivity index (χ2n) is 6.39. The number of thiophene rings is 1. The van der Waals surface area contributed by atoms with E-state index >= 15 is 0 Å². The molecule has 1 aliphatic heterocycles. The monoisotopic (exact) mass is 344 g/mol. The average Bonchev–Trinajstić information content (AvgIpc) is 2.99. The van der Waals surface area contributed by atoms with Gasteiger partial charge in [0, 0.05) is 35.6 Å². The van der Waals surface area contributed by atoms with E-state index in [1.54, 1.807) is 11.3 Å². The molecule has 0 aliphatic carbocycles. The summed E-state index contributed by atoms with van der Waals surface area (Å²) in [6.07, 6.45) is 0. The number of benzene rings is 1. The third kappa shape index (κ3) is 3.19. The van der Waals surface area contributed by atoms with Gasteiger partial charge in [0.2, 0.25) is 0 Å². The zero-order valence-electron chi connectivity index (χ0n) is 14.8. The molecule has 0 radical (unpaired) electrons. The van der Waals surface area contributed by atoms with Crippen LogP contribution in [0.25, 0.3) is 10.4 Å². The highest BCUT2D eigenvalue weighted by Gasteiger charge is 2.25. The van der Waals surface area contributed by atoms with Gasteiger partial charge in [0.15, 0.2) is 0 Å². The van der Waals surface area contributed by atoms with Crippen molar-refractivity contribution in [1.82, 2.24) is 9.80 Å². The van der Waals surface area contributed by atoms with Gasteiger partial charge in [-0.2, -0.15) is 0 Å². The summed E-state index contributed by atoms with van der Waals surface area (Å²) in [6.45, 7) is 7.01. The maximum atomic E-state index is 12.9. The van der Waals surface area contributed by atoms with Crippen molar-refractivity contribution in [1.29, 1.82) is 0 Å². The molecule has 4 nitrogen and oxygen atoms in total. The Morgan fingerprint density at radius 1 is 1.29 bits per heavy atom. The molecule has 1 amide bonds.